The largest absolute Gasteiger partial charge is 0.434 e. The molecule has 0 aliphatic heterocycles. The van der Waals surface area contributed by atoms with Crippen LogP contribution >= 0.6 is 0 Å². The van der Waals surface area contributed by atoms with E-state index in [1.54, 1.807) is 24.7 Å². The number of aromatic nitrogens is 3. The number of nitrogen functional groups attached to an aromatic ring is 1. The van der Waals surface area contributed by atoms with Gasteiger partial charge in [0.1, 0.15) is 11.3 Å². The molecule has 0 atom stereocenters. The average molecular weight is 226 g/mol. The molecule has 0 aliphatic carbocycles. The van der Waals surface area contributed by atoms with Crippen molar-refractivity contribution in [1.29, 1.82) is 0 Å². The van der Waals surface area contributed by atoms with E-state index in [0.29, 0.717) is 22.9 Å². The number of oxazole rings is 1. The van der Waals surface area contributed by atoms with Gasteiger partial charge in [-0.3, -0.25) is 4.98 Å². The molecule has 3 heterocycles. The molecule has 0 bridgehead atoms. The second-order valence-electron chi connectivity index (χ2n) is 3.81. The lowest BCUT2D eigenvalue weighted by atomic mass is 10.2. The molecule has 0 fully saturated rings. The van der Waals surface area contributed by atoms with Crippen LogP contribution in [0.15, 0.2) is 35.1 Å². The summed E-state index contributed by atoms with van der Waals surface area (Å²) in [5.41, 5.74) is 8.94. The predicted octanol–water partition coefficient (Wildman–Crippen LogP) is 2.18. The van der Waals surface area contributed by atoms with Gasteiger partial charge < -0.3 is 10.2 Å². The number of nitrogens with two attached hydrogens (primary N) is 1. The SMILES string of the molecule is Cc1cnc(N)c(-c2nc3ccncc3o2)c1. The van der Waals surface area contributed by atoms with Crippen molar-refractivity contribution in [3.63, 3.8) is 0 Å². The number of hydrogen-bond donors (Lipinski definition) is 1. The van der Waals surface area contributed by atoms with Gasteiger partial charge >= 0.3 is 0 Å². The van der Waals surface area contributed by atoms with Gasteiger partial charge in [-0.1, -0.05) is 0 Å². The molecule has 5 nitrogen and oxygen atoms in total. The normalized spacial score (nSPS) is 10.9. The van der Waals surface area contributed by atoms with Crippen LogP contribution in [0.3, 0.4) is 0 Å². The van der Waals surface area contributed by atoms with Crippen LogP contribution in [0.1, 0.15) is 5.56 Å². The van der Waals surface area contributed by atoms with Gasteiger partial charge in [0.25, 0.3) is 0 Å². The summed E-state index contributed by atoms with van der Waals surface area (Å²) in [6, 6.07) is 3.70. The molecule has 3 aromatic heterocycles. The number of pyridine rings is 2. The summed E-state index contributed by atoms with van der Waals surface area (Å²) in [6.45, 7) is 1.94. The van der Waals surface area contributed by atoms with Crippen LogP contribution < -0.4 is 5.73 Å². The maximum Gasteiger partial charge on any atom is 0.231 e. The molecule has 0 aliphatic rings. The highest BCUT2D eigenvalue weighted by Crippen LogP contribution is 2.27. The zero-order chi connectivity index (χ0) is 11.8. The predicted molar refractivity (Wildman–Crippen MR) is 64.2 cm³/mol. The van der Waals surface area contributed by atoms with Gasteiger partial charge in [-0.25, -0.2) is 9.97 Å². The van der Waals surface area contributed by atoms with E-state index in [2.05, 4.69) is 15.0 Å². The summed E-state index contributed by atoms with van der Waals surface area (Å²) in [4.78, 5) is 12.4. The van der Waals surface area contributed by atoms with E-state index < -0.39 is 0 Å². The lowest BCUT2D eigenvalue weighted by Crippen LogP contribution is -1.94. The first-order chi connectivity index (χ1) is 8.24. The van der Waals surface area contributed by atoms with Crippen molar-refractivity contribution in [2.24, 2.45) is 0 Å². The molecule has 0 amide bonds. The molecule has 0 spiro atoms. The molecule has 0 radical (unpaired) electrons. The van der Waals surface area contributed by atoms with E-state index in [1.165, 1.54) is 0 Å². The highest BCUT2D eigenvalue weighted by molar-refractivity contribution is 5.77. The molecule has 17 heavy (non-hydrogen) atoms. The van der Waals surface area contributed by atoms with E-state index in [1.807, 2.05) is 13.0 Å². The second-order valence-corrected chi connectivity index (χ2v) is 3.81. The van der Waals surface area contributed by atoms with Crippen LogP contribution in [0.5, 0.6) is 0 Å². The molecule has 2 N–H and O–H groups in total. The van der Waals surface area contributed by atoms with Gasteiger partial charge in [0, 0.05) is 12.4 Å². The van der Waals surface area contributed by atoms with E-state index in [4.69, 9.17) is 10.2 Å². The summed E-state index contributed by atoms with van der Waals surface area (Å²) in [5, 5.41) is 0. The van der Waals surface area contributed by atoms with Gasteiger partial charge in [-0.15, -0.1) is 0 Å². The zero-order valence-corrected chi connectivity index (χ0v) is 9.21. The van der Waals surface area contributed by atoms with E-state index in [0.717, 1.165) is 11.1 Å². The number of nitrogens with zero attached hydrogens (tertiary/aromatic N) is 3. The second kappa shape index (κ2) is 3.55. The fourth-order valence-corrected chi connectivity index (χ4v) is 1.65. The van der Waals surface area contributed by atoms with Crippen LogP contribution in [0, 0.1) is 6.92 Å². The van der Waals surface area contributed by atoms with Crippen molar-refractivity contribution in [2.75, 3.05) is 5.73 Å². The number of hydrogen-bond acceptors (Lipinski definition) is 5. The first-order valence-electron chi connectivity index (χ1n) is 5.17. The Morgan fingerprint density at radius 3 is 3.00 bits per heavy atom. The van der Waals surface area contributed by atoms with Gasteiger partial charge in [0.05, 0.1) is 11.8 Å². The van der Waals surface area contributed by atoms with Crippen molar-refractivity contribution >= 4 is 16.9 Å². The van der Waals surface area contributed by atoms with E-state index >= 15 is 0 Å². The number of rotatable bonds is 1. The quantitative estimate of drug-likeness (QED) is 0.688. The Labute approximate surface area is 97.3 Å². The molecular formula is C12H10N4O. The maximum absolute atomic E-state index is 5.82. The van der Waals surface area contributed by atoms with Crippen LogP contribution in [0.25, 0.3) is 22.6 Å². The molecule has 0 unspecified atom stereocenters. The molecule has 0 aromatic carbocycles. The summed E-state index contributed by atoms with van der Waals surface area (Å²) in [7, 11) is 0. The molecule has 84 valence electrons. The van der Waals surface area contributed by atoms with E-state index in [9.17, 15) is 0 Å². The van der Waals surface area contributed by atoms with Crippen LogP contribution in [-0.4, -0.2) is 15.0 Å². The monoisotopic (exact) mass is 226 g/mol. The summed E-state index contributed by atoms with van der Waals surface area (Å²) < 4.78 is 5.60. The van der Waals surface area contributed by atoms with Crippen molar-refractivity contribution in [1.82, 2.24) is 15.0 Å². The molecule has 5 heteroatoms. The molecule has 3 aromatic rings. The minimum Gasteiger partial charge on any atom is -0.434 e. The van der Waals surface area contributed by atoms with Crippen LogP contribution in [0.2, 0.25) is 0 Å². The molecule has 0 saturated carbocycles. The van der Waals surface area contributed by atoms with Crippen LogP contribution in [-0.2, 0) is 0 Å². The smallest absolute Gasteiger partial charge is 0.231 e. The highest BCUT2D eigenvalue weighted by atomic mass is 16.3. The Hall–Kier alpha value is -2.43. The molecular weight excluding hydrogens is 216 g/mol. The topological polar surface area (TPSA) is 77.8 Å². The fraction of sp³-hybridized carbons (Fsp3) is 0.0833. The maximum atomic E-state index is 5.82. The zero-order valence-electron chi connectivity index (χ0n) is 9.21. The lowest BCUT2D eigenvalue weighted by molar-refractivity contribution is 0.618. The Bertz CT molecular complexity index is 657. The van der Waals surface area contributed by atoms with E-state index in [-0.39, 0.29) is 0 Å². The highest BCUT2D eigenvalue weighted by Gasteiger charge is 2.11. The van der Waals surface area contributed by atoms with Gasteiger partial charge in [-0.2, -0.15) is 0 Å². The average Bonchev–Trinajstić information content (AvgIpc) is 2.75. The fourth-order valence-electron chi connectivity index (χ4n) is 1.65. The van der Waals surface area contributed by atoms with Crippen molar-refractivity contribution < 1.29 is 4.42 Å². The van der Waals surface area contributed by atoms with Gasteiger partial charge in [0.2, 0.25) is 5.89 Å². The minimum atomic E-state index is 0.412. The lowest BCUT2D eigenvalue weighted by Gasteiger charge is -2.00. The summed E-state index contributed by atoms with van der Waals surface area (Å²) >= 11 is 0. The van der Waals surface area contributed by atoms with Crippen molar-refractivity contribution in [3.05, 3.63) is 36.3 Å². The standard InChI is InChI=1S/C12H10N4O/c1-7-4-8(11(13)15-5-7)12-16-9-2-3-14-6-10(9)17-12/h2-6H,1H3,(H2,13,15). The Morgan fingerprint density at radius 1 is 1.29 bits per heavy atom. The Balaban J connectivity index is 2.23. The van der Waals surface area contributed by atoms with Crippen molar-refractivity contribution in [3.8, 4) is 11.5 Å². The molecule has 0 saturated heterocycles. The Kier molecular flexibility index (Phi) is 2.04. The van der Waals surface area contributed by atoms with Gasteiger partial charge in [0.15, 0.2) is 5.58 Å². The third-order valence-electron chi connectivity index (χ3n) is 2.48. The third-order valence-corrected chi connectivity index (χ3v) is 2.48. The Morgan fingerprint density at radius 2 is 2.18 bits per heavy atom. The minimum absolute atomic E-state index is 0.412. The number of anilines is 1. The first kappa shape index (κ1) is 9.77. The van der Waals surface area contributed by atoms with Crippen LogP contribution in [0.4, 0.5) is 5.82 Å². The number of fused-ring (bicyclic) bond motifs is 1. The summed E-state index contributed by atoms with van der Waals surface area (Å²) in [6.07, 6.45) is 5.01. The third kappa shape index (κ3) is 1.61. The van der Waals surface area contributed by atoms with Crippen molar-refractivity contribution in [2.45, 2.75) is 6.92 Å². The summed E-state index contributed by atoms with van der Waals surface area (Å²) in [5.74, 6) is 0.886. The first-order valence-corrected chi connectivity index (χ1v) is 5.17. The molecule has 3 rings (SSSR count). The number of aryl methyl sites for hydroxylation is 1. The van der Waals surface area contributed by atoms with Gasteiger partial charge in [-0.05, 0) is 24.6 Å².